The molecule has 21 heavy (non-hydrogen) atoms. The van der Waals surface area contributed by atoms with Gasteiger partial charge in [0, 0.05) is 18.7 Å². The van der Waals surface area contributed by atoms with Gasteiger partial charge in [-0.25, -0.2) is 4.79 Å². The summed E-state index contributed by atoms with van der Waals surface area (Å²) in [5, 5.41) is 3.19. The summed E-state index contributed by atoms with van der Waals surface area (Å²) in [5.74, 6) is 1.19. The molecule has 0 saturated carbocycles. The van der Waals surface area contributed by atoms with E-state index >= 15 is 0 Å². The lowest BCUT2D eigenvalue weighted by Crippen LogP contribution is -2.05. The average Bonchev–Trinajstić information content (AvgIpc) is 2.47. The van der Waals surface area contributed by atoms with Crippen molar-refractivity contribution in [1.82, 2.24) is 0 Å². The van der Waals surface area contributed by atoms with Crippen molar-refractivity contribution < 1.29 is 19.0 Å². The Morgan fingerprint density at radius 3 is 2.57 bits per heavy atom. The lowest BCUT2D eigenvalue weighted by atomic mass is 10.2. The largest absolute Gasteiger partial charge is 0.494 e. The highest BCUT2D eigenvalue weighted by molar-refractivity contribution is 5.82. The normalized spacial score (nSPS) is 10.4. The van der Waals surface area contributed by atoms with Crippen LogP contribution in [0.2, 0.25) is 0 Å². The smallest absolute Gasteiger partial charge is 0.330 e. The Morgan fingerprint density at radius 1 is 1.14 bits per heavy atom. The van der Waals surface area contributed by atoms with Crippen LogP contribution in [0.3, 0.4) is 0 Å². The van der Waals surface area contributed by atoms with Gasteiger partial charge in [0.2, 0.25) is 0 Å². The Balaban J connectivity index is 2.66. The van der Waals surface area contributed by atoms with Gasteiger partial charge >= 0.3 is 5.97 Å². The maximum absolute atomic E-state index is 11.2. The molecule has 0 aliphatic rings. The first-order chi connectivity index (χ1) is 10.2. The molecule has 0 fully saturated rings. The highest BCUT2D eigenvalue weighted by Crippen LogP contribution is 2.29. The van der Waals surface area contributed by atoms with E-state index in [2.05, 4.69) is 5.32 Å². The van der Waals surface area contributed by atoms with Crippen LogP contribution in [0, 0.1) is 0 Å². The van der Waals surface area contributed by atoms with Crippen LogP contribution < -0.4 is 14.8 Å². The molecule has 0 aliphatic heterocycles. The number of anilines is 1. The van der Waals surface area contributed by atoms with Gasteiger partial charge < -0.3 is 19.5 Å². The molecule has 0 heterocycles. The second-order valence-electron chi connectivity index (χ2n) is 4.06. The summed E-state index contributed by atoms with van der Waals surface area (Å²) in [5.41, 5.74) is 0.830. The highest BCUT2D eigenvalue weighted by atomic mass is 16.5. The molecular formula is C16H23NO4. The standard InChI is InChI=1S/C16H23NO4/c1-4-19-13-9-10-15(20-5-2)14(12-13)17-11-7-8-16(18)21-6-3/h7-10,12,17H,4-6,11H2,1-3H3/b8-7+. The number of esters is 1. The zero-order valence-electron chi connectivity index (χ0n) is 12.8. The first-order valence-corrected chi connectivity index (χ1v) is 7.18. The molecule has 0 amide bonds. The minimum absolute atomic E-state index is 0.340. The molecule has 1 rings (SSSR count). The van der Waals surface area contributed by atoms with E-state index in [1.165, 1.54) is 6.08 Å². The van der Waals surface area contributed by atoms with Crippen LogP contribution in [0.4, 0.5) is 5.69 Å². The molecule has 1 aromatic rings. The molecule has 0 unspecified atom stereocenters. The van der Waals surface area contributed by atoms with Gasteiger partial charge in [0.1, 0.15) is 11.5 Å². The van der Waals surface area contributed by atoms with Crippen LogP contribution in [-0.2, 0) is 9.53 Å². The molecule has 0 saturated heterocycles. The number of rotatable bonds is 9. The van der Waals surface area contributed by atoms with Crippen molar-refractivity contribution >= 4 is 11.7 Å². The fraction of sp³-hybridized carbons (Fsp3) is 0.438. The summed E-state index contributed by atoms with van der Waals surface area (Å²) < 4.78 is 15.8. The third kappa shape index (κ3) is 6.21. The maximum atomic E-state index is 11.2. The number of hydrogen-bond donors (Lipinski definition) is 1. The highest BCUT2D eigenvalue weighted by Gasteiger charge is 2.05. The molecular weight excluding hydrogens is 270 g/mol. The van der Waals surface area contributed by atoms with Crippen LogP contribution >= 0.6 is 0 Å². The summed E-state index contributed by atoms with van der Waals surface area (Å²) in [6.07, 6.45) is 3.12. The summed E-state index contributed by atoms with van der Waals surface area (Å²) in [4.78, 5) is 11.2. The van der Waals surface area contributed by atoms with Gasteiger partial charge in [-0.15, -0.1) is 0 Å². The van der Waals surface area contributed by atoms with E-state index in [9.17, 15) is 4.79 Å². The number of carbonyl (C=O) groups is 1. The van der Waals surface area contributed by atoms with E-state index < -0.39 is 0 Å². The zero-order valence-corrected chi connectivity index (χ0v) is 12.8. The predicted octanol–water partition coefficient (Wildman–Crippen LogP) is 3.02. The Kier molecular flexibility index (Phi) is 7.79. The molecule has 116 valence electrons. The van der Waals surface area contributed by atoms with E-state index in [1.807, 2.05) is 32.0 Å². The van der Waals surface area contributed by atoms with Crippen molar-refractivity contribution in [1.29, 1.82) is 0 Å². The SMILES string of the molecule is CCOC(=O)/C=C/CNc1cc(OCC)ccc1OCC. The van der Waals surface area contributed by atoms with Gasteiger partial charge in [0.15, 0.2) is 0 Å². The Hall–Kier alpha value is -2.17. The van der Waals surface area contributed by atoms with Crippen molar-refractivity contribution in [3.05, 3.63) is 30.4 Å². The zero-order chi connectivity index (χ0) is 15.5. The summed E-state index contributed by atoms with van der Waals surface area (Å²) in [6.45, 7) is 7.71. The van der Waals surface area contributed by atoms with Gasteiger partial charge in [0.05, 0.1) is 25.5 Å². The second kappa shape index (κ2) is 9.69. The number of carbonyl (C=O) groups excluding carboxylic acids is 1. The quantitative estimate of drug-likeness (QED) is 0.560. The molecule has 0 aromatic heterocycles. The molecule has 0 atom stereocenters. The minimum atomic E-state index is -0.340. The van der Waals surface area contributed by atoms with E-state index in [1.54, 1.807) is 13.0 Å². The van der Waals surface area contributed by atoms with Crippen LogP contribution in [0.1, 0.15) is 20.8 Å². The van der Waals surface area contributed by atoms with Crippen LogP contribution in [-0.4, -0.2) is 32.3 Å². The third-order valence-electron chi connectivity index (χ3n) is 2.51. The van der Waals surface area contributed by atoms with Crippen molar-refractivity contribution in [3.8, 4) is 11.5 Å². The summed E-state index contributed by atoms with van der Waals surface area (Å²) >= 11 is 0. The average molecular weight is 293 g/mol. The van der Waals surface area contributed by atoms with Crippen LogP contribution in [0.5, 0.6) is 11.5 Å². The number of nitrogens with one attached hydrogen (secondary N) is 1. The summed E-state index contributed by atoms with van der Waals surface area (Å²) in [6, 6.07) is 5.62. The van der Waals surface area contributed by atoms with Crippen molar-refractivity contribution in [3.63, 3.8) is 0 Å². The van der Waals surface area contributed by atoms with Gasteiger partial charge in [-0.05, 0) is 32.9 Å². The fourth-order valence-electron chi connectivity index (χ4n) is 1.70. The Bertz CT molecular complexity index is 471. The van der Waals surface area contributed by atoms with E-state index in [0.717, 1.165) is 17.2 Å². The van der Waals surface area contributed by atoms with Crippen molar-refractivity contribution in [2.75, 3.05) is 31.7 Å². The lowest BCUT2D eigenvalue weighted by molar-refractivity contribution is -0.137. The molecule has 0 aliphatic carbocycles. The second-order valence-corrected chi connectivity index (χ2v) is 4.06. The van der Waals surface area contributed by atoms with Crippen LogP contribution in [0.15, 0.2) is 30.4 Å². The molecule has 0 radical (unpaired) electrons. The van der Waals surface area contributed by atoms with E-state index in [0.29, 0.717) is 26.4 Å². The van der Waals surface area contributed by atoms with Crippen LogP contribution in [0.25, 0.3) is 0 Å². The van der Waals surface area contributed by atoms with Gasteiger partial charge in [-0.1, -0.05) is 6.08 Å². The molecule has 0 spiro atoms. The van der Waals surface area contributed by atoms with Gasteiger partial charge in [0.25, 0.3) is 0 Å². The Morgan fingerprint density at radius 2 is 1.90 bits per heavy atom. The summed E-state index contributed by atoms with van der Waals surface area (Å²) in [7, 11) is 0. The van der Waals surface area contributed by atoms with E-state index in [-0.39, 0.29) is 5.97 Å². The lowest BCUT2D eigenvalue weighted by Gasteiger charge is -2.13. The molecule has 1 N–H and O–H groups in total. The molecule has 0 bridgehead atoms. The number of ether oxygens (including phenoxy) is 3. The minimum Gasteiger partial charge on any atom is -0.494 e. The van der Waals surface area contributed by atoms with Gasteiger partial charge in [-0.2, -0.15) is 0 Å². The maximum Gasteiger partial charge on any atom is 0.330 e. The Labute approximate surface area is 125 Å². The first kappa shape index (κ1) is 16.9. The third-order valence-corrected chi connectivity index (χ3v) is 2.51. The number of benzene rings is 1. The number of hydrogen-bond acceptors (Lipinski definition) is 5. The topological polar surface area (TPSA) is 56.8 Å². The molecule has 5 nitrogen and oxygen atoms in total. The molecule has 1 aromatic carbocycles. The van der Waals surface area contributed by atoms with Crippen molar-refractivity contribution in [2.24, 2.45) is 0 Å². The fourth-order valence-corrected chi connectivity index (χ4v) is 1.70. The van der Waals surface area contributed by atoms with E-state index in [4.69, 9.17) is 14.2 Å². The first-order valence-electron chi connectivity index (χ1n) is 7.18. The van der Waals surface area contributed by atoms with Gasteiger partial charge in [-0.3, -0.25) is 0 Å². The predicted molar refractivity (Wildman–Crippen MR) is 83.0 cm³/mol. The molecule has 5 heteroatoms. The van der Waals surface area contributed by atoms with Crippen molar-refractivity contribution in [2.45, 2.75) is 20.8 Å². The monoisotopic (exact) mass is 293 g/mol.